The van der Waals surface area contributed by atoms with Crippen LogP contribution in [0.3, 0.4) is 0 Å². The summed E-state index contributed by atoms with van der Waals surface area (Å²) in [5.41, 5.74) is 0. The maximum absolute atomic E-state index is 12.8. The van der Waals surface area contributed by atoms with E-state index in [1.807, 2.05) is 0 Å². The number of hydrogen-bond donors (Lipinski definition) is 0. The van der Waals surface area contributed by atoms with Crippen LogP contribution in [-0.2, 0) is 28.6 Å². The lowest BCUT2D eigenvalue weighted by Crippen LogP contribution is -2.30. The first-order valence-corrected chi connectivity index (χ1v) is 26.4. The maximum atomic E-state index is 12.8. The Labute approximate surface area is 400 Å². The molecule has 0 spiro atoms. The minimum Gasteiger partial charge on any atom is -0.462 e. The van der Waals surface area contributed by atoms with Gasteiger partial charge in [0.25, 0.3) is 0 Å². The summed E-state index contributed by atoms with van der Waals surface area (Å²) in [6, 6.07) is 0. The lowest BCUT2D eigenvalue weighted by atomic mass is 10.1. The third-order valence-electron chi connectivity index (χ3n) is 10.7. The van der Waals surface area contributed by atoms with Gasteiger partial charge in [0.1, 0.15) is 13.2 Å². The molecular weight excluding hydrogens is 805 g/mol. The smallest absolute Gasteiger partial charge is 0.306 e. The average molecular weight is 901 g/mol. The number of allylic oxidation sites excluding steroid dienone is 18. The van der Waals surface area contributed by atoms with E-state index in [1.165, 1.54) is 64.2 Å². The molecule has 0 heterocycles. The monoisotopic (exact) mass is 901 g/mol. The molecule has 0 amide bonds. The summed E-state index contributed by atoms with van der Waals surface area (Å²) in [5.74, 6) is -0.997. The number of carbonyl (C=O) groups excluding carboxylic acids is 3. The van der Waals surface area contributed by atoms with Crippen molar-refractivity contribution in [2.24, 2.45) is 0 Å². The molecule has 0 aromatic rings. The fraction of sp³-hybridized carbons (Fsp3) is 0.644. The first-order valence-electron chi connectivity index (χ1n) is 26.4. The zero-order valence-electron chi connectivity index (χ0n) is 42.0. The van der Waals surface area contributed by atoms with Gasteiger partial charge >= 0.3 is 17.9 Å². The molecule has 0 rings (SSSR count). The van der Waals surface area contributed by atoms with Crippen LogP contribution in [-0.4, -0.2) is 37.2 Å². The molecule has 0 saturated carbocycles. The predicted octanol–water partition coefficient (Wildman–Crippen LogP) is 17.5. The Balaban J connectivity index is 4.52. The summed E-state index contributed by atoms with van der Waals surface area (Å²) in [6.07, 6.45) is 70.7. The highest BCUT2D eigenvalue weighted by Crippen LogP contribution is 2.12. The fourth-order valence-corrected chi connectivity index (χ4v) is 6.76. The predicted molar refractivity (Wildman–Crippen MR) is 279 cm³/mol. The van der Waals surface area contributed by atoms with E-state index >= 15 is 0 Å². The largest absolute Gasteiger partial charge is 0.462 e. The lowest BCUT2D eigenvalue weighted by Gasteiger charge is -2.18. The van der Waals surface area contributed by atoms with Crippen molar-refractivity contribution in [3.63, 3.8) is 0 Å². The highest BCUT2D eigenvalue weighted by atomic mass is 16.6. The van der Waals surface area contributed by atoms with Gasteiger partial charge in [0.05, 0.1) is 0 Å². The van der Waals surface area contributed by atoms with Gasteiger partial charge in [-0.2, -0.15) is 0 Å². The van der Waals surface area contributed by atoms with Crippen LogP contribution in [0.25, 0.3) is 0 Å². The van der Waals surface area contributed by atoms with Crippen molar-refractivity contribution >= 4 is 17.9 Å². The Bertz CT molecular complexity index is 1360. The van der Waals surface area contributed by atoms with Crippen molar-refractivity contribution in [3.05, 3.63) is 109 Å². The topological polar surface area (TPSA) is 78.9 Å². The Hall–Kier alpha value is -3.93. The Morgan fingerprint density at radius 2 is 0.600 bits per heavy atom. The first-order chi connectivity index (χ1) is 32.0. The maximum Gasteiger partial charge on any atom is 0.306 e. The van der Waals surface area contributed by atoms with E-state index in [2.05, 4.69) is 130 Å². The van der Waals surface area contributed by atoms with E-state index in [9.17, 15) is 14.4 Å². The molecule has 0 aromatic carbocycles. The lowest BCUT2D eigenvalue weighted by molar-refractivity contribution is -0.167. The summed E-state index contributed by atoms with van der Waals surface area (Å²) in [5, 5.41) is 0. The standard InChI is InChI=1S/C59H96O6/c1-4-7-10-13-16-19-22-25-27-28-29-30-32-35-37-40-43-46-49-52-58(61)64-55-56(65-59(62)53-50-47-44-41-38-33-24-21-18-15-12-9-6-3)54-63-57(60)51-48-45-42-39-36-34-31-26-23-20-17-14-11-8-5-2/h8,11,16-17,19-21,24-27,29-31,35-37,39,56H,4-7,9-10,12-15,18,22-23,28,32-34,38,40-55H2,1-3H3/b11-8-,19-16-,20-17-,24-21-,27-25-,30-29-,31-26-,37-35-,39-36-/t56-/m1/s1. The van der Waals surface area contributed by atoms with Crippen molar-refractivity contribution in [2.45, 2.75) is 232 Å². The quantitative estimate of drug-likeness (QED) is 0.0262. The van der Waals surface area contributed by atoms with Gasteiger partial charge in [-0.05, 0) is 128 Å². The van der Waals surface area contributed by atoms with Gasteiger partial charge in [-0.3, -0.25) is 14.4 Å². The molecule has 0 bridgehead atoms. The number of carbonyl (C=O) groups is 3. The molecule has 0 fully saturated rings. The van der Waals surface area contributed by atoms with E-state index in [0.29, 0.717) is 25.7 Å². The SMILES string of the molecule is CC/C=C\C/C=C\C/C=C\C/C=C\CCCCC(=O)OC[C@H](COC(=O)CCCCC/C=C\C/C=C\C/C=C\C/C=C\CCCCC)OC(=O)CCCCCCC/C=C\CCCCCC. The Morgan fingerprint density at radius 1 is 0.323 bits per heavy atom. The van der Waals surface area contributed by atoms with Gasteiger partial charge in [0.15, 0.2) is 6.10 Å². The second-order valence-electron chi connectivity index (χ2n) is 17.0. The number of hydrogen-bond acceptors (Lipinski definition) is 6. The highest BCUT2D eigenvalue weighted by Gasteiger charge is 2.19. The zero-order valence-corrected chi connectivity index (χ0v) is 42.0. The van der Waals surface area contributed by atoms with E-state index < -0.39 is 6.10 Å². The van der Waals surface area contributed by atoms with Crippen LogP contribution in [0.2, 0.25) is 0 Å². The van der Waals surface area contributed by atoms with E-state index in [1.54, 1.807) is 0 Å². The van der Waals surface area contributed by atoms with E-state index in [0.717, 1.165) is 116 Å². The van der Waals surface area contributed by atoms with Gasteiger partial charge in [-0.1, -0.05) is 188 Å². The molecule has 0 aliphatic carbocycles. The van der Waals surface area contributed by atoms with Crippen LogP contribution in [0.4, 0.5) is 0 Å². The minimum absolute atomic E-state index is 0.113. The number of esters is 3. The molecule has 0 unspecified atom stereocenters. The van der Waals surface area contributed by atoms with E-state index in [4.69, 9.17) is 14.2 Å². The Kier molecular flexibility index (Phi) is 49.5. The molecule has 0 saturated heterocycles. The highest BCUT2D eigenvalue weighted by molar-refractivity contribution is 5.71. The molecule has 0 aliphatic heterocycles. The molecular formula is C59H96O6. The van der Waals surface area contributed by atoms with Crippen molar-refractivity contribution in [3.8, 4) is 0 Å². The third-order valence-corrected chi connectivity index (χ3v) is 10.7. The van der Waals surface area contributed by atoms with E-state index in [-0.39, 0.29) is 31.1 Å². The normalized spacial score (nSPS) is 13.0. The van der Waals surface area contributed by atoms with Crippen LogP contribution >= 0.6 is 0 Å². The number of unbranched alkanes of at least 4 members (excludes halogenated alkanes) is 17. The van der Waals surface area contributed by atoms with Crippen molar-refractivity contribution in [1.29, 1.82) is 0 Å². The minimum atomic E-state index is -0.814. The summed E-state index contributed by atoms with van der Waals surface area (Å²) in [7, 11) is 0. The molecule has 0 radical (unpaired) electrons. The fourth-order valence-electron chi connectivity index (χ4n) is 6.76. The van der Waals surface area contributed by atoms with Crippen molar-refractivity contribution < 1.29 is 28.6 Å². The van der Waals surface area contributed by atoms with Crippen LogP contribution in [0.1, 0.15) is 226 Å². The molecule has 1 atom stereocenters. The van der Waals surface area contributed by atoms with Crippen molar-refractivity contribution in [1.82, 2.24) is 0 Å². The van der Waals surface area contributed by atoms with Crippen LogP contribution in [0.5, 0.6) is 0 Å². The Morgan fingerprint density at radius 3 is 1.03 bits per heavy atom. The second-order valence-corrected chi connectivity index (χ2v) is 17.0. The average Bonchev–Trinajstić information content (AvgIpc) is 3.30. The third kappa shape index (κ3) is 50.9. The summed E-state index contributed by atoms with van der Waals surface area (Å²) in [6.45, 7) is 6.39. The van der Waals surface area contributed by atoms with Crippen LogP contribution < -0.4 is 0 Å². The first kappa shape index (κ1) is 61.1. The molecule has 0 aliphatic rings. The van der Waals surface area contributed by atoms with Gasteiger partial charge in [0, 0.05) is 19.3 Å². The van der Waals surface area contributed by atoms with Gasteiger partial charge in [-0.15, -0.1) is 0 Å². The van der Waals surface area contributed by atoms with Crippen LogP contribution in [0, 0.1) is 0 Å². The second kappa shape index (κ2) is 52.7. The number of rotatable bonds is 46. The van der Waals surface area contributed by atoms with Gasteiger partial charge in [0.2, 0.25) is 0 Å². The summed E-state index contributed by atoms with van der Waals surface area (Å²) >= 11 is 0. The van der Waals surface area contributed by atoms with Gasteiger partial charge < -0.3 is 14.2 Å². The molecule has 368 valence electrons. The number of ether oxygens (including phenoxy) is 3. The van der Waals surface area contributed by atoms with Crippen molar-refractivity contribution in [2.75, 3.05) is 13.2 Å². The molecule has 6 nitrogen and oxygen atoms in total. The van der Waals surface area contributed by atoms with Gasteiger partial charge in [-0.25, -0.2) is 0 Å². The molecule has 0 N–H and O–H groups in total. The summed E-state index contributed by atoms with van der Waals surface area (Å²) in [4.78, 5) is 38.0. The molecule has 6 heteroatoms. The van der Waals surface area contributed by atoms with Crippen LogP contribution in [0.15, 0.2) is 109 Å². The molecule has 0 aromatic heterocycles. The summed E-state index contributed by atoms with van der Waals surface area (Å²) < 4.78 is 16.7. The molecule has 65 heavy (non-hydrogen) atoms. The zero-order chi connectivity index (χ0) is 47.2.